The molecular weight excluding hydrogens is 496 g/mol. The molecule has 7 heteroatoms. The molecule has 0 saturated heterocycles. The van der Waals surface area contributed by atoms with Crippen molar-refractivity contribution in [2.24, 2.45) is 0 Å². The Morgan fingerprint density at radius 3 is 2.53 bits per heavy atom. The number of aromatic nitrogens is 3. The van der Waals surface area contributed by atoms with E-state index in [1.54, 1.807) is 6.33 Å². The van der Waals surface area contributed by atoms with Gasteiger partial charge in [-0.2, -0.15) is 4.98 Å². The number of imidazole rings is 1. The van der Waals surface area contributed by atoms with Crippen LogP contribution in [0.2, 0.25) is 5.02 Å². The van der Waals surface area contributed by atoms with E-state index in [0.29, 0.717) is 34.8 Å². The molecule has 0 aliphatic heterocycles. The first-order valence-electron chi connectivity index (χ1n) is 13.2. The van der Waals surface area contributed by atoms with Gasteiger partial charge in [-0.15, -0.1) is 0 Å². The summed E-state index contributed by atoms with van der Waals surface area (Å²) in [6.45, 7) is 0. The molecule has 1 saturated carbocycles. The molecule has 5 aromatic rings. The van der Waals surface area contributed by atoms with E-state index in [9.17, 15) is 4.79 Å². The van der Waals surface area contributed by atoms with Gasteiger partial charge in [0.15, 0.2) is 0 Å². The van der Waals surface area contributed by atoms with Crippen LogP contribution in [0.3, 0.4) is 0 Å². The van der Waals surface area contributed by atoms with Crippen molar-refractivity contribution in [3.63, 3.8) is 0 Å². The SMILES string of the molecule is O=C(CCc1oc(-n2cnc3ccccc32)nc1-c1ccc(Cl)cc1)Nc1ccc(C2CCCCC2)cc1. The zero-order valence-corrected chi connectivity index (χ0v) is 21.8. The van der Waals surface area contributed by atoms with E-state index in [4.69, 9.17) is 21.0 Å². The lowest BCUT2D eigenvalue weighted by Crippen LogP contribution is -2.12. The number of oxazole rings is 1. The zero-order chi connectivity index (χ0) is 25.9. The first-order chi connectivity index (χ1) is 18.6. The van der Waals surface area contributed by atoms with Gasteiger partial charge in [-0.3, -0.25) is 9.36 Å². The molecule has 6 rings (SSSR count). The van der Waals surface area contributed by atoms with Crippen LogP contribution in [0.4, 0.5) is 5.69 Å². The van der Waals surface area contributed by atoms with Crippen LogP contribution in [0.25, 0.3) is 28.3 Å². The van der Waals surface area contributed by atoms with Crippen LogP contribution in [0.15, 0.2) is 83.5 Å². The molecule has 192 valence electrons. The highest BCUT2D eigenvalue weighted by Crippen LogP contribution is 2.33. The van der Waals surface area contributed by atoms with Gasteiger partial charge in [-0.1, -0.05) is 67.3 Å². The summed E-state index contributed by atoms with van der Waals surface area (Å²) in [5, 5.41) is 3.68. The molecule has 0 atom stereocenters. The lowest BCUT2D eigenvalue weighted by Gasteiger charge is -2.22. The molecule has 6 nitrogen and oxygen atoms in total. The Morgan fingerprint density at radius 2 is 1.74 bits per heavy atom. The van der Waals surface area contributed by atoms with Crippen molar-refractivity contribution in [3.8, 4) is 17.3 Å². The van der Waals surface area contributed by atoms with Crippen molar-refractivity contribution in [1.29, 1.82) is 0 Å². The summed E-state index contributed by atoms with van der Waals surface area (Å²) >= 11 is 6.12. The lowest BCUT2D eigenvalue weighted by molar-refractivity contribution is -0.116. The van der Waals surface area contributed by atoms with Gasteiger partial charge in [-0.25, -0.2) is 4.98 Å². The Labute approximate surface area is 226 Å². The Balaban J connectivity index is 1.20. The Morgan fingerprint density at radius 1 is 0.974 bits per heavy atom. The van der Waals surface area contributed by atoms with E-state index < -0.39 is 0 Å². The normalized spacial score (nSPS) is 14.1. The second-order valence-corrected chi connectivity index (χ2v) is 10.3. The van der Waals surface area contributed by atoms with Crippen molar-refractivity contribution >= 4 is 34.2 Å². The Kier molecular flexibility index (Phi) is 6.97. The number of nitrogens with one attached hydrogen (secondary N) is 1. The van der Waals surface area contributed by atoms with Crippen molar-refractivity contribution in [3.05, 3.63) is 95.5 Å². The van der Waals surface area contributed by atoms with Crippen LogP contribution >= 0.6 is 11.6 Å². The smallest absolute Gasteiger partial charge is 0.308 e. The molecule has 0 bridgehead atoms. The number of amides is 1. The fourth-order valence-corrected chi connectivity index (χ4v) is 5.41. The van der Waals surface area contributed by atoms with Crippen molar-refractivity contribution in [2.45, 2.75) is 50.9 Å². The molecule has 1 amide bonds. The highest BCUT2D eigenvalue weighted by Gasteiger charge is 2.19. The summed E-state index contributed by atoms with van der Waals surface area (Å²) in [5.41, 5.74) is 5.51. The summed E-state index contributed by atoms with van der Waals surface area (Å²) in [6.07, 6.45) is 8.86. The first kappa shape index (κ1) is 24.4. The third-order valence-electron chi connectivity index (χ3n) is 7.31. The third kappa shape index (κ3) is 5.22. The van der Waals surface area contributed by atoms with E-state index in [1.165, 1.54) is 37.7 Å². The maximum absolute atomic E-state index is 12.9. The second-order valence-electron chi connectivity index (χ2n) is 9.88. The van der Waals surface area contributed by atoms with Crippen LogP contribution in [-0.4, -0.2) is 20.4 Å². The molecule has 3 aromatic carbocycles. The molecular formula is C31H29ClN4O2. The number of carbonyl (C=O) groups excluding carboxylic acids is 1. The van der Waals surface area contributed by atoms with Crippen LogP contribution in [0, 0.1) is 0 Å². The summed E-state index contributed by atoms with van der Waals surface area (Å²) in [7, 11) is 0. The second kappa shape index (κ2) is 10.8. The van der Waals surface area contributed by atoms with Gasteiger partial charge in [0.2, 0.25) is 5.91 Å². The molecule has 38 heavy (non-hydrogen) atoms. The van der Waals surface area contributed by atoms with Gasteiger partial charge < -0.3 is 9.73 Å². The predicted molar refractivity (Wildman–Crippen MR) is 151 cm³/mol. The number of para-hydroxylation sites is 2. The summed E-state index contributed by atoms with van der Waals surface area (Å²) < 4.78 is 8.06. The van der Waals surface area contributed by atoms with E-state index >= 15 is 0 Å². The minimum absolute atomic E-state index is 0.0662. The number of carbonyl (C=O) groups is 1. The van der Waals surface area contributed by atoms with E-state index in [2.05, 4.69) is 22.4 Å². The number of hydrogen-bond acceptors (Lipinski definition) is 4. The average molecular weight is 525 g/mol. The van der Waals surface area contributed by atoms with E-state index in [-0.39, 0.29) is 12.3 Å². The van der Waals surface area contributed by atoms with Crippen molar-refractivity contribution in [1.82, 2.24) is 14.5 Å². The third-order valence-corrected chi connectivity index (χ3v) is 7.57. The van der Waals surface area contributed by atoms with Crippen LogP contribution in [0.1, 0.15) is 55.8 Å². The number of rotatable bonds is 7. The lowest BCUT2D eigenvalue weighted by atomic mass is 9.84. The van der Waals surface area contributed by atoms with Gasteiger partial charge in [0.05, 0.1) is 11.0 Å². The predicted octanol–water partition coefficient (Wildman–Crippen LogP) is 7.95. The van der Waals surface area contributed by atoms with Gasteiger partial charge in [0, 0.05) is 29.1 Å². The Hall–Kier alpha value is -3.90. The largest absolute Gasteiger partial charge is 0.427 e. The highest BCUT2D eigenvalue weighted by molar-refractivity contribution is 6.30. The minimum Gasteiger partial charge on any atom is -0.427 e. The highest BCUT2D eigenvalue weighted by atomic mass is 35.5. The number of anilines is 1. The van der Waals surface area contributed by atoms with Gasteiger partial charge in [0.1, 0.15) is 17.8 Å². The number of fused-ring (bicyclic) bond motifs is 1. The molecule has 1 aliphatic carbocycles. The quantitative estimate of drug-likeness (QED) is 0.234. The van der Waals surface area contributed by atoms with Crippen molar-refractivity contribution < 1.29 is 9.21 Å². The van der Waals surface area contributed by atoms with E-state index in [1.807, 2.05) is 65.2 Å². The molecule has 0 spiro atoms. The fraction of sp³-hybridized carbons (Fsp3) is 0.258. The fourth-order valence-electron chi connectivity index (χ4n) is 5.28. The monoisotopic (exact) mass is 524 g/mol. The summed E-state index contributed by atoms with van der Waals surface area (Å²) in [4.78, 5) is 22.1. The van der Waals surface area contributed by atoms with Crippen molar-refractivity contribution in [2.75, 3.05) is 5.32 Å². The topological polar surface area (TPSA) is 73.0 Å². The minimum atomic E-state index is -0.0662. The molecule has 1 fully saturated rings. The first-order valence-corrected chi connectivity index (χ1v) is 13.6. The van der Waals surface area contributed by atoms with Gasteiger partial charge in [0.25, 0.3) is 0 Å². The summed E-state index contributed by atoms with van der Waals surface area (Å²) in [5.74, 6) is 1.22. The zero-order valence-electron chi connectivity index (χ0n) is 21.1. The Bertz CT molecular complexity index is 1550. The number of benzene rings is 3. The number of nitrogens with zero attached hydrogens (tertiary/aromatic N) is 3. The standard InChI is InChI=1S/C31H29ClN4O2/c32-24-14-10-23(11-15-24)30-28(38-31(35-30)36-20-33-26-8-4-5-9-27(26)36)18-19-29(37)34-25-16-12-22(13-17-25)21-6-2-1-3-7-21/h4-5,8-17,20-21H,1-3,6-7,18-19H2,(H,34,37). The average Bonchev–Trinajstić information content (AvgIpc) is 3.58. The van der Waals surface area contributed by atoms with Crippen LogP contribution in [0.5, 0.6) is 0 Å². The number of hydrogen-bond donors (Lipinski definition) is 1. The van der Waals surface area contributed by atoms with Crippen LogP contribution < -0.4 is 5.32 Å². The maximum atomic E-state index is 12.9. The summed E-state index contributed by atoms with van der Waals surface area (Å²) in [6, 6.07) is 24.0. The van der Waals surface area contributed by atoms with E-state index in [0.717, 1.165) is 22.3 Å². The molecule has 2 aromatic heterocycles. The van der Waals surface area contributed by atoms with Gasteiger partial charge >= 0.3 is 6.01 Å². The molecule has 0 unspecified atom stereocenters. The molecule has 1 aliphatic rings. The number of halogens is 1. The molecule has 2 heterocycles. The maximum Gasteiger partial charge on any atom is 0.308 e. The number of aryl methyl sites for hydroxylation is 1. The van der Waals surface area contributed by atoms with Gasteiger partial charge in [-0.05, 0) is 60.7 Å². The molecule has 1 N–H and O–H groups in total. The molecule has 0 radical (unpaired) electrons. The van der Waals surface area contributed by atoms with Crippen LogP contribution in [-0.2, 0) is 11.2 Å².